The first kappa shape index (κ1) is 22.3. The van der Waals surface area contributed by atoms with Crippen LogP contribution in [0, 0.1) is 5.82 Å². The predicted octanol–water partition coefficient (Wildman–Crippen LogP) is 3.69. The molecule has 0 aliphatic heterocycles. The van der Waals surface area contributed by atoms with Gasteiger partial charge in [0.25, 0.3) is 5.91 Å². The number of carbonyl (C=O) groups excluding carboxylic acids is 1. The highest BCUT2D eigenvalue weighted by molar-refractivity contribution is 7.89. The molecule has 0 aliphatic rings. The van der Waals surface area contributed by atoms with Crippen LogP contribution in [0.2, 0.25) is 0 Å². The SMILES string of the molecule is CCN(CC)S(=O)(=O)c1ccc(Oc2ccc(F)cc2)c(NC(=O)c2cnccn2)c1. The highest BCUT2D eigenvalue weighted by Gasteiger charge is 2.24. The first-order valence-electron chi connectivity index (χ1n) is 9.50. The van der Waals surface area contributed by atoms with Crippen molar-refractivity contribution in [1.82, 2.24) is 14.3 Å². The average molecular weight is 444 g/mol. The van der Waals surface area contributed by atoms with Crippen LogP contribution in [0.15, 0.2) is 66.0 Å². The molecule has 3 rings (SSSR count). The van der Waals surface area contributed by atoms with E-state index in [0.717, 1.165) is 0 Å². The van der Waals surface area contributed by atoms with Gasteiger partial charge in [-0.15, -0.1) is 0 Å². The van der Waals surface area contributed by atoms with Crippen molar-refractivity contribution in [2.24, 2.45) is 0 Å². The third-order valence-electron chi connectivity index (χ3n) is 4.38. The van der Waals surface area contributed by atoms with Crippen LogP contribution in [0.5, 0.6) is 11.5 Å². The van der Waals surface area contributed by atoms with E-state index in [0.29, 0.717) is 18.8 Å². The first-order chi connectivity index (χ1) is 14.8. The van der Waals surface area contributed by atoms with Crippen molar-refractivity contribution in [1.29, 1.82) is 0 Å². The van der Waals surface area contributed by atoms with Gasteiger partial charge in [-0.3, -0.25) is 9.78 Å². The molecule has 0 radical (unpaired) electrons. The van der Waals surface area contributed by atoms with Gasteiger partial charge in [-0.25, -0.2) is 17.8 Å². The zero-order valence-electron chi connectivity index (χ0n) is 16.9. The van der Waals surface area contributed by atoms with Gasteiger partial charge < -0.3 is 10.1 Å². The molecule has 3 aromatic rings. The van der Waals surface area contributed by atoms with Gasteiger partial charge in [-0.1, -0.05) is 13.8 Å². The number of nitrogens with zero attached hydrogens (tertiary/aromatic N) is 3. The number of amides is 1. The summed E-state index contributed by atoms with van der Waals surface area (Å²) >= 11 is 0. The molecule has 8 nitrogen and oxygen atoms in total. The molecule has 0 unspecified atom stereocenters. The van der Waals surface area contributed by atoms with Crippen molar-refractivity contribution >= 4 is 21.6 Å². The van der Waals surface area contributed by atoms with Gasteiger partial charge in [0.05, 0.1) is 16.8 Å². The van der Waals surface area contributed by atoms with Gasteiger partial charge in [0.2, 0.25) is 10.0 Å². The molecule has 2 aromatic carbocycles. The molecule has 0 aliphatic carbocycles. The Labute approximate surface area is 179 Å². The van der Waals surface area contributed by atoms with Crippen LogP contribution >= 0.6 is 0 Å². The van der Waals surface area contributed by atoms with E-state index >= 15 is 0 Å². The molecule has 0 saturated heterocycles. The van der Waals surface area contributed by atoms with Crippen LogP contribution in [0.3, 0.4) is 0 Å². The second-order valence-electron chi connectivity index (χ2n) is 6.35. The van der Waals surface area contributed by atoms with Gasteiger partial charge in [-0.05, 0) is 42.5 Å². The molecular formula is C21H21FN4O4S. The smallest absolute Gasteiger partial charge is 0.275 e. The monoisotopic (exact) mass is 444 g/mol. The summed E-state index contributed by atoms with van der Waals surface area (Å²) in [5.74, 6) is -0.517. The third-order valence-corrected chi connectivity index (χ3v) is 6.43. The Morgan fingerprint density at radius 3 is 2.42 bits per heavy atom. The molecule has 162 valence electrons. The molecule has 1 heterocycles. The van der Waals surface area contributed by atoms with Crippen LogP contribution in [-0.2, 0) is 10.0 Å². The maximum atomic E-state index is 13.2. The molecular weight excluding hydrogens is 423 g/mol. The van der Waals surface area contributed by atoms with E-state index in [1.54, 1.807) is 13.8 Å². The molecule has 0 fully saturated rings. The highest BCUT2D eigenvalue weighted by Crippen LogP contribution is 2.33. The minimum atomic E-state index is -3.77. The third kappa shape index (κ3) is 5.22. The second kappa shape index (κ2) is 9.63. The normalized spacial score (nSPS) is 11.4. The van der Waals surface area contributed by atoms with Crippen LogP contribution in [0.1, 0.15) is 24.3 Å². The summed E-state index contributed by atoms with van der Waals surface area (Å²) in [6.45, 7) is 4.08. The van der Waals surface area contributed by atoms with E-state index < -0.39 is 21.7 Å². The van der Waals surface area contributed by atoms with E-state index in [1.807, 2.05) is 0 Å². The Hall–Kier alpha value is -3.37. The summed E-state index contributed by atoms with van der Waals surface area (Å²) in [5.41, 5.74) is 0.167. The maximum absolute atomic E-state index is 13.2. The number of anilines is 1. The minimum Gasteiger partial charge on any atom is -0.455 e. The molecule has 31 heavy (non-hydrogen) atoms. The topological polar surface area (TPSA) is 101 Å². The number of hydrogen-bond donors (Lipinski definition) is 1. The van der Waals surface area contributed by atoms with Crippen molar-refractivity contribution in [3.05, 3.63) is 72.6 Å². The summed E-state index contributed by atoms with van der Waals surface area (Å²) in [4.78, 5) is 20.4. The number of nitrogens with one attached hydrogen (secondary N) is 1. The lowest BCUT2D eigenvalue weighted by atomic mass is 10.2. The molecule has 0 spiro atoms. The van der Waals surface area contributed by atoms with Gasteiger partial charge in [-0.2, -0.15) is 4.31 Å². The predicted molar refractivity (Wildman–Crippen MR) is 113 cm³/mol. The Kier molecular flexibility index (Phi) is 6.93. The van der Waals surface area contributed by atoms with E-state index in [2.05, 4.69) is 15.3 Å². The zero-order chi connectivity index (χ0) is 22.4. The molecule has 0 atom stereocenters. The van der Waals surface area contributed by atoms with Crippen molar-refractivity contribution in [2.45, 2.75) is 18.7 Å². The second-order valence-corrected chi connectivity index (χ2v) is 8.29. The number of hydrogen-bond acceptors (Lipinski definition) is 6. The van der Waals surface area contributed by atoms with Crippen molar-refractivity contribution in [3.8, 4) is 11.5 Å². The summed E-state index contributed by atoms with van der Waals surface area (Å²) in [6, 6.07) is 9.45. The molecule has 0 saturated carbocycles. The zero-order valence-corrected chi connectivity index (χ0v) is 17.8. The van der Waals surface area contributed by atoms with E-state index in [1.165, 1.54) is 65.4 Å². The number of benzene rings is 2. The maximum Gasteiger partial charge on any atom is 0.275 e. The summed E-state index contributed by atoms with van der Waals surface area (Å²) in [6.07, 6.45) is 4.08. The molecule has 0 bridgehead atoms. The summed E-state index contributed by atoms with van der Waals surface area (Å²) in [5, 5.41) is 2.62. The van der Waals surface area contributed by atoms with Gasteiger partial charge in [0, 0.05) is 25.5 Å². The Balaban J connectivity index is 2.01. The van der Waals surface area contributed by atoms with Gasteiger partial charge in [0.15, 0.2) is 5.75 Å². The fourth-order valence-corrected chi connectivity index (χ4v) is 4.29. The number of carbonyl (C=O) groups is 1. The molecule has 1 N–H and O–H groups in total. The number of aromatic nitrogens is 2. The van der Waals surface area contributed by atoms with E-state index in [9.17, 15) is 17.6 Å². The van der Waals surface area contributed by atoms with Crippen LogP contribution in [-0.4, -0.2) is 41.7 Å². The van der Waals surface area contributed by atoms with E-state index in [-0.39, 0.29) is 22.0 Å². The highest BCUT2D eigenvalue weighted by atomic mass is 32.2. The minimum absolute atomic E-state index is 0.00268. The lowest BCUT2D eigenvalue weighted by molar-refractivity contribution is 0.102. The average Bonchev–Trinajstić information content (AvgIpc) is 2.77. The number of sulfonamides is 1. The number of halogens is 1. The fraction of sp³-hybridized carbons (Fsp3) is 0.190. The Morgan fingerprint density at radius 1 is 1.10 bits per heavy atom. The Bertz CT molecular complexity index is 1150. The van der Waals surface area contributed by atoms with Crippen LogP contribution < -0.4 is 10.1 Å². The van der Waals surface area contributed by atoms with Crippen LogP contribution in [0.4, 0.5) is 10.1 Å². The molecule has 1 amide bonds. The summed E-state index contributed by atoms with van der Waals surface area (Å²) in [7, 11) is -3.77. The molecule has 1 aromatic heterocycles. The van der Waals surface area contributed by atoms with Crippen molar-refractivity contribution in [3.63, 3.8) is 0 Å². The largest absolute Gasteiger partial charge is 0.455 e. The lowest BCUT2D eigenvalue weighted by Crippen LogP contribution is -2.30. The quantitative estimate of drug-likeness (QED) is 0.569. The van der Waals surface area contributed by atoms with Crippen molar-refractivity contribution in [2.75, 3.05) is 18.4 Å². The van der Waals surface area contributed by atoms with Crippen LogP contribution in [0.25, 0.3) is 0 Å². The Morgan fingerprint density at radius 2 is 1.81 bits per heavy atom. The first-order valence-corrected chi connectivity index (χ1v) is 10.9. The number of ether oxygens (including phenoxy) is 1. The number of rotatable bonds is 8. The standard InChI is InChI=1S/C21H21FN4O4S/c1-3-26(4-2)31(28,29)17-9-10-20(30-16-7-5-15(22)6-8-16)18(13-17)25-21(27)19-14-23-11-12-24-19/h5-14H,3-4H2,1-2H3,(H,25,27). The van der Waals surface area contributed by atoms with Gasteiger partial charge >= 0.3 is 0 Å². The summed E-state index contributed by atoms with van der Waals surface area (Å²) < 4.78 is 46.1. The van der Waals surface area contributed by atoms with Crippen molar-refractivity contribution < 1.29 is 22.3 Å². The lowest BCUT2D eigenvalue weighted by Gasteiger charge is -2.20. The fourth-order valence-electron chi connectivity index (χ4n) is 2.80. The molecule has 10 heteroatoms. The van der Waals surface area contributed by atoms with Gasteiger partial charge in [0.1, 0.15) is 17.3 Å². The van der Waals surface area contributed by atoms with E-state index in [4.69, 9.17) is 4.74 Å².